The Labute approximate surface area is 122 Å². The van der Waals surface area contributed by atoms with E-state index in [9.17, 15) is 9.59 Å². The first-order valence-corrected chi connectivity index (χ1v) is 7.95. The molecule has 1 aliphatic rings. The molecule has 1 heterocycles. The average Bonchev–Trinajstić information content (AvgIpc) is 2.95. The number of carbonyl (C=O) groups excluding carboxylic acids is 2. The van der Waals surface area contributed by atoms with E-state index in [1.807, 2.05) is 5.38 Å². The van der Waals surface area contributed by atoms with Gasteiger partial charge in [0.25, 0.3) is 5.91 Å². The first-order valence-electron chi connectivity index (χ1n) is 7.00. The van der Waals surface area contributed by atoms with E-state index in [4.69, 9.17) is 5.73 Å². The molecular formula is C14H21N3O2S. The Morgan fingerprint density at radius 1 is 1.30 bits per heavy atom. The van der Waals surface area contributed by atoms with E-state index in [2.05, 4.69) is 10.6 Å². The molecule has 0 radical (unpaired) electrons. The molecule has 1 aromatic heterocycles. The molecule has 0 unspecified atom stereocenters. The van der Waals surface area contributed by atoms with E-state index in [0.717, 1.165) is 25.7 Å². The van der Waals surface area contributed by atoms with Crippen molar-refractivity contribution in [3.05, 3.63) is 22.4 Å². The molecule has 4 N–H and O–H groups in total. The summed E-state index contributed by atoms with van der Waals surface area (Å²) in [5.41, 5.74) is 6.48. The summed E-state index contributed by atoms with van der Waals surface area (Å²) in [4.78, 5) is 23.4. The van der Waals surface area contributed by atoms with Crippen LogP contribution in [0.15, 0.2) is 16.8 Å². The molecule has 2 amide bonds. The third kappa shape index (κ3) is 4.61. The lowest BCUT2D eigenvalue weighted by Gasteiger charge is -2.26. The quantitative estimate of drug-likeness (QED) is 0.764. The molecule has 20 heavy (non-hydrogen) atoms. The Hall–Kier alpha value is -1.40. The van der Waals surface area contributed by atoms with Gasteiger partial charge in [-0.15, -0.1) is 0 Å². The minimum Gasteiger partial charge on any atom is -0.353 e. The number of amides is 2. The second-order valence-corrected chi connectivity index (χ2v) is 5.98. The van der Waals surface area contributed by atoms with Crippen LogP contribution in [0.5, 0.6) is 0 Å². The molecule has 2 rings (SSSR count). The number of nitrogens with two attached hydrogens (primary N) is 1. The maximum absolute atomic E-state index is 11.8. The summed E-state index contributed by atoms with van der Waals surface area (Å²) in [6, 6.07) is 2.30. The number of carbonyl (C=O) groups is 2. The molecule has 0 spiro atoms. The Morgan fingerprint density at radius 2 is 2.05 bits per heavy atom. The third-order valence-electron chi connectivity index (χ3n) is 3.56. The van der Waals surface area contributed by atoms with E-state index in [-0.39, 0.29) is 23.9 Å². The van der Waals surface area contributed by atoms with Crippen LogP contribution in [0.2, 0.25) is 0 Å². The minimum atomic E-state index is -0.123. The molecule has 1 saturated carbocycles. The second-order valence-electron chi connectivity index (χ2n) is 5.20. The van der Waals surface area contributed by atoms with Gasteiger partial charge in [-0.2, -0.15) is 11.3 Å². The largest absolute Gasteiger partial charge is 0.353 e. The van der Waals surface area contributed by atoms with Crippen LogP contribution in [0.4, 0.5) is 0 Å². The van der Waals surface area contributed by atoms with Crippen molar-refractivity contribution in [1.82, 2.24) is 10.6 Å². The molecule has 5 nitrogen and oxygen atoms in total. The molecule has 6 heteroatoms. The highest BCUT2D eigenvalue weighted by Gasteiger charge is 2.19. The van der Waals surface area contributed by atoms with Crippen molar-refractivity contribution < 1.29 is 9.59 Å². The predicted octanol–water partition coefficient (Wildman–Crippen LogP) is 1.25. The van der Waals surface area contributed by atoms with Crippen molar-refractivity contribution in [3.8, 4) is 0 Å². The van der Waals surface area contributed by atoms with Gasteiger partial charge in [0.1, 0.15) is 0 Å². The number of hydrogen-bond donors (Lipinski definition) is 3. The molecule has 0 saturated heterocycles. The van der Waals surface area contributed by atoms with Crippen LogP contribution < -0.4 is 16.4 Å². The van der Waals surface area contributed by atoms with Gasteiger partial charge in [-0.3, -0.25) is 9.59 Å². The monoisotopic (exact) mass is 295 g/mol. The Kier molecular flexibility index (Phi) is 5.55. The smallest absolute Gasteiger partial charge is 0.252 e. The Balaban J connectivity index is 1.62. The van der Waals surface area contributed by atoms with Gasteiger partial charge in [0.2, 0.25) is 5.91 Å². The highest BCUT2D eigenvalue weighted by molar-refractivity contribution is 7.08. The zero-order valence-corrected chi connectivity index (χ0v) is 12.2. The van der Waals surface area contributed by atoms with E-state index in [1.54, 1.807) is 11.4 Å². The molecule has 0 aromatic carbocycles. The third-order valence-corrected chi connectivity index (χ3v) is 4.24. The van der Waals surface area contributed by atoms with Gasteiger partial charge in [-0.05, 0) is 37.1 Å². The molecular weight excluding hydrogens is 274 g/mol. The summed E-state index contributed by atoms with van der Waals surface area (Å²) in [6.07, 6.45) is 4.17. The molecule has 1 aliphatic carbocycles. The van der Waals surface area contributed by atoms with Crippen LogP contribution in [0.1, 0.15) is 42.5 Å². The highest BCUT2D eigenvalue weighted by Crippen LogP contribution is 2.16. The number of thiophene rings is 1. The van der Waals surface area contributed by atoms with Gasteiger partial charge in [0.05, 0.1) is 0 Å². The van der Waals surface area contributed by atoms with Crippen LogP contribution >= 0.6 is 11.3 Å². The summed E-state index contributed by atoms with van der Waals surface area (Å²) in [6.45, 7) is 0.368. The maximum atomic E-state index is 11.8. The summed E-state index contributed by atoms with van der Waals surface area (Å²) in [5.74, 6) is -0.126. The predicted molar refractivity (Wildman–Crippen MR) is 79.6 cm³/mol. The van der Waals surface area contributed by atoms with Crippen LogP contribution in [0.3, 0.4) is 0 Å². The van der Waals surface area contributed by atoms with Crippen LogP contribution in [-0.4, -0.2) is 30.4 Å². The van der Waals surface area contributed by atoms with Crippen molar-refractivity contribution in [2.24, 2.45) is 5.73 Å². The molecule has 110 valence electrons. The van der Waals surface area contributed by atoms with Crippen molar-refractivity contribution >= 4 is 23.2 Å². The van der Waals surface area contributed by atoms with E-state index >= 15 is 0 Å². The molecule has 0 bridgehead atoms. The van der Waals surface area contributed by atoms with E-state index in [1.165, 1.54) is 11.3 Å². The number of rotatable bonds is 5. The Morgan fingerprint density at radius 3 is 2.70 bits per heavy atom. The van der Waals surface area contributed by atoms with Crippen molar-refractivity contribution in [1.29, 1.82) is 0 Å². The van der Waals surface area contributed by atoms with E-state index in [0.29, 0.717) is 18.5 Å². The summed E-state index contributed by atoms with van der Waals surface area (Å²) in [5, 5.41) is 9.40. The van der Waals surface area contributed by atoms with Crippen molar-refractivity contribution in [2.45, 2.75) is 44.2 Å². The molecule has 0 aliphatic heterocycles. The van der Waals surface area contributed by atoms with E-state index < -0.39 is 0 Å². The zero-order valence-electron chi connectivity index (χ0n) is 11.4. The Bertz CT molecular complexity index is 439. The standard InChI is InChI=1S/C14H21N3O2S/c15-11-1-3-12(4-2-11)17-13(18)5-7-16-14(19)10-6-8-20-9-10/h6,8-9,11-12H,1-5,7,15H2,(H,16,19)(H,17,18). The lowest BCUT2D eigenvalue weighted by Crippen LogP contribution is -2.41. The van der Waals surface area contributed by atoms with Crippen molar-refractivity contribution in [2.75, 3.05) is 6.54 Å². The van der Waals surface area contributed by atoms with Gasteiger partial charge in [0.15, 0.2) is 0 Å². The topological polar surface area (TPSA) is 84.2 Å². The van der Waals surface area contributed by atoms with Gasteiger partial charge in [-0.1, -0.05) is 0 Å². The van der Waals surface area contributed by atoms with Crippen LogP contribution in [0.25, 0.3) is 0 Å². The second kappa shape index (κ2) is 7.40. The van der Waals surface area contributed by atoms with Gasteiger partial charge in [-0.25, -0.2) is 0 Å². The van der Waals surface area contributed by atoms with Crippen molar-refractivity contribution in [3.63, 3.8) is 0 Å². The first-order chi connectivity index (χ1) is 9.65. The fourth-order valence-corrected chi connectivity index (χ4v) is 2.98. The summed E-state index contributed by atoms with van der Waals surface area (Å²) >= 11 is 1.48. The van der Waals surface area contributed by atoms with Gasteiger partial charge >= 0.3 is 0 Å². The number of nitrogens with one attached hydrogen (secondary N) is 2. The number of hydrogen-bond acceptors (Lipinski definition) is 4. The fraction of sp³-hybridized carbons (Fsp3) is 0.571. The maximum Gasteiger partial charge on any atom is 0.252 e. The normalized spacial score (nSPS) is 22.2. The lowest BCUT2D eigenvalue weighted by atomic mass is 9.92. The summed E-state index contributed by atoms with van der Waals surface area (Å²) < 4.78 is 0. The molecule has 1 aromatic rings. The molecule has 0 atom stereocenters. The fourth-order valence-electron chi connectivity index (χ4n) is 2.35. The molecule has 1 fully saturated rings. The van der Waals surface area contributed by atoms with Crippen LogP contribution in [0, 0.1) is 0 Å². The SMILES string of the molecule is NC1CCC(NC(=O)CCNC(=O)c2ccsc2)CC1. The minimum absolute atomic E-state index is 0.00362. The summed E-state index contributed by atoms with van der Waals surface area (Å²) in [7, 11) is 0. The first kappa shape index (κ1) is 15.0. The van der Waals surface area contributed by atoms with Crippen LogP contribution in [-0.2, 0) is 4.79 Å². The van der Waals surface area contributed by atoms with Gasteiger partial charge < -0.3 is 16.4 Å². The zero-order chi connectivity index (χ0) is 14.4. The highest BCUT2D eigenvalue weighted by atomic mass is 32.1. The van der Waals surface area contributed by atoms with Gasteiger partial charge in [0, 0.05) is 36.0 Å². The average molecular weight is 295 g/mol. The lowest BCUT2D eigenvalue weighted by molar-refractivity contribution is -0.121.